The summed E-state index contributed by atoms with van der Waals surface area (Å²) in [6, 6.07) is 11.5. The number of ether oxygens (including phenoxy) is 1. The smallest absolute Gasteiger partial charge is 0.213 e. The summed E-state index contributed by atoms with van der Waals surface area (Å²) in [6.07, 6.45) is 7.09. The first-order chi connectivity index (χ1) is 12.7. The molecule has 4 nitrogen and oxygen atoms in total. The molecule has 0 spiro atoms. The lowest BCUT2D eigenvalue weighted by molar-refractivity contribution is 0.292. The molecule has 0 N–H and O–H groups in total. The van der Waals surface area contributed by atoms with Crippen LogP contribution in [-0.4, -0.2) is 23.6 Å². The second-order valence-electron chi connectivity index (χ2n) is 6.55. The Morgan fingerprint density at radius 1 is 1.08 bits per heavy atom. The molecule has 0 saturated heterocycles. The van der Waals surface area contributed by atoms with Crippen LogP contribution in [0.2, 0.25) is 0 Å². The van der Waals surface area contributed by atoms with E-state index in [0.717, 1.165) is 35.9 Å². The van der Waals surface area contributed by atoms with Crippen molar-refractivity contribution in [3.8, 4) is 17.0 Å². The van der Waals surface area contributed by atoms with Crippen LogP contribution in [0.4, 0.5) is 10.1 Å². The molecular weight excluding hydrogens is 329 g/mol. The van der Waals surface area contributed by atoms with E-state index in [1.54, 1.807) is 6.20 Å². The molecule has 132 valence electrons. The zero-order chi connectivity index (χ0) is 17.9. The number of aromatic nitrogens is 2. The van der Waals surface area contributed by atoms with E-state index >= 15 is 0 Å². The lowest BCUT2D eigenvalue weighted by Gasteiger charge is -2.27. The maximum absolute atomic E-state index is 12.9. The first-order valence-electron chi connectivity index (χ1n) is 8.72. The van der Waals surface area contributed by atoms with Gasteiger partial charge >= 0.3 is 0 Å². The Morgan fingerprint density at radius 3 is 2.85 bits per heavy atom. The third kappa shape index (κ3) is 3.52. The zero-order valence-corrected chi connectivity index (χ0v) is 14.7. The second-order valence-corrected chi connectivity index (χ2v) is 6.55. The minimum Gasteiger partial charge on any atom is -0.473 e. The van der Waals surface area contributed by atoms with E-state index in [9.17, 15) is 4.39 Å². The van der Waals surface area contributed by atoms with Gasteiger partial charge in [-0.2, -0.15) is 0 Å². The van der Waals surface area contributed by atoms with Gasteiger partial charge in [-0.3, -0.25) is 4.98 Å². The third-order valence-corrected chi connectivity index (χ3v) is 4.65. The highest BCUT2D eigenvalue weighted by Gasteiger charge is 2.14. The van der Waals surface area contributed by atoms with Crippen LogP contribution in [0.15, 0.2) is 55.0 Å². The van der Waals surface area contributed by atoms with Gasteiger partial charge in [-0.05, 0) is 48.2 Å². The molecule has 5 heteroatoms. The predicted molar refractivity (Wildman–Crippen MR) is 99.8 cm³/mol. The lowest BCUT2D eigenvalue weighted by atomic mass is 9.97. The van der Waals surface area contributed by atoms with Crippen molar-refractivity contribution in [1.29, 1.82) is 0 Å². The van der Waals surface area contributed by atoms with Crippen molar-refractivity contribution < 1.29 is 9.13 Å². The number of halogens is 1. The van der Waals surface area contributed by atoms with Gasteiger partial charge in [0.05, 0.1) is 6.20 Å². The van der Waals surface area contributed by atoms with Gasteiger partial charge in [0.1, 0.15) is 12.4 Å². The number of fused-ring (bicyclic) bond motifs is 1. The number of hydrogen-bond donors (Lipinski definition) is 0. The van der Waals surface area contributed by atoms with Crippen molar-refractivity contribution in [1.82, 2.24) is 9.97 Å². The number of rotatable bonds is 4. The molecule has 0 amide bonds. The van der Waals surface area contributed by atoms with Crippen molar-refractivity contribution in [3.63, 3.8) is 0 Å². The Labute approximate surface area is 152 Å². The first-order valence-corrected chi connectivity index (χ1v) is 8.72. The highest BCUT2D eigenvalue weighted by molar-refractivity contribution is 5.69. The maximum Gasteiger partial charge on any atom is 0.213 e. The van der Waals surface area contributed by atoms with Crippen LogP contribution in [0.1, 0.15) is 17.5 Å². The average molecular weight is 349 g/mol. The van der Waals surface area contributed by atoms with Crippen LogP contribution < -0.4 is 9.64 Å². The van der Waals surface area contributed by atoms with Gasteiger partial charge in [0, 0.05) is 48.9 Å². The van der Waals surface area contributed by atoms with Gasteiger partial charge < -0.3 is 9.64 Å². The Morgan fingerprint density at radius 2 is 2.00 bits per heavy atom. The van der Waals surface area contributed by atoms with Crippen molar-refractivity contribution in [2.75, 3.05) is 18.5 Å². The molecule has 0 fully saturated rings. The molecule has 0 aliphatic carbocycles. The van der Waals surface area contributed by atoms with Crippen LogP contribution in [-0.2, 0) is 13.0 Å². The molecular formula is C21H20FN3O. The second kappa shape index (κ2) is 7.12. The molecule has 1 aliphatic rings. The van der Waals surface area contributed by atoms with Crippen LogP contribution in [0.5, 0.6) is 5.88 Å². The van der Waals surface area contributed by atoms with Crippen LogP contribution in [0.25, 0.3) is 11.1 Å². The molecule has 3 aromatic rings. The molecule has 1 aromatic carbocycles. The fraction of sp³-hybridized carbons (Fsp3) is 0.238. The lowest BCUT2D eigenvalue weighted by Crippen LogP contribution is -2.24. The number of aryl methyl sites for hydroxylation is 1. The van der Waals surface area contributed by atoms with E-state index in [2.05, 4.69) is 46.2 Å². The number of nitrogens with zero attached hydrogens (tertiary/aromatic N) is 3. The number of pyridine rings is 2. The minimum atomic E-state index is -0.376. The van der Waals surface area contributed by atoms with E-state index in [-0.39, 0.29) is 5.82 Å². The molecule has 0 saturated carbocycles. The van der Waals surface area contributed by atoms with E-state index in [4.69, 9.17) is 4.74 Å². The molecule has 0 bridgehead atoms. The van der Waals surface area contributed by atoms with Gasteiger partial charge in [0.2, 0.25) is 5.88 Å². The molecule has 0 radical (unpaired) electrons. The highest BCUT2D eigenvalue weighted by Crippen LogP contribution is 2.31. The number of hydrogen-bond acceptors (Lipinski definition) is 4. The summed E-state index contributed by atoms with van der Waals surface area (Å²) in [4.78, 5) is 10.6. The Hall–Kier alpha value is -2.95. The van der Waals surface area contributed by atoms with Crippen molar-refractivity contribution in [2.24, 2.45) is 0 Å². The molecule has 4 rings (SSSR count). The first kappa shape index (κ1) is 16.5. The maximum atomic E-state index is 12.9. The predicted octanol–water partition coefficient (Wildman–Crippen LogP) is 4.24. The average Bonchev–Trinajstić information content (AvgIpc) is 2.68. The topological polar surface area (TPSA) is 38.2 Å². The third-order valence-electron chi connectivity index (χ3n) is 4.65. The number of anilines is 1. The summed E-state index contributed by atoms with van der Waals surface area (Å²) >= 11 is 0. The molecule has 0 unspecified atom stereocenters. The summed E-state index contributed by atoms with van der Waals surface area (Å²) in [6.45, 7) is 1.45. The van der Waals surface area contributed by atoms with Crippen LogP contribution in [0, 0.1) is 5.82 Å². The summed E-state index contributed by atoms with van der Waals surface area (Å²) in [7, 11) is 2.14. The fourth-order valence-electron chi connectivity index (χ4n) is 3.29. The molecule has 0 atom stereocenters. The van der Waals surface area contributed by atoms with Crippen molar-refractivity contribution >= 4 is 5.69 Å². The van der Waals surface area contributed by atoms with E-state index in [1.165, 1.54) is 29.8 Å². The van der Waals surface area contributed by atoms with Crippen LogP contribution >= 0.6 is 0 Å². The molecule has 2 aromatic heterocycles. The van der Waals surface area contributed by atoms with Gasteiger partial charge in [0.15, 0.2) is 0 Å². The largest absolute Gasteiger partial charge is 0.473 e. The summed E-state index contributed by atoms with van der Waals surface area (Å²) in [5.74, 6) is 0.0210. The Kier molecular flexibility index (Phi) is 4.52. The number of benzene rings is 1. The quantitative estimate of drug-likeness (QED) is 0.706. The van der Waals surface area contributed by atoms with Gasteiger partial charge in [-0.1, -0.05) is 6.07 Å². The van der Waals surface area contributed by atoms with Gasteiger partial charge in [-0.25, -0.2) is 9.37 Å². The van der Waals surface area contributed by atoms with Gasteiger partial charge in [-0.15, -0.1) is 0 Å². The van der Waals surface area contributed by atoms with Crippen molar-refractivity contribution in [3.05, 3.63) is 71.9 Å². The van der Waals surface area contributed by atoms with E-state index in [1.807, 2.05) is 6.20 Å². The monoisotopic (exact) mass is 349 g/mol. The standard InChI is InChI=1S/C21H20FN3O/c1-25-8-2-3-17-10-16(4-6-20(17)25)18-9-15(11-23-12-18)14-26-21-7-5-19(22)13-24-21/h4-7,9-13H,2-3,8,14H2,1H3. The molecule has 26 heavy (non-hydrogen) atoms. The summed E-state index contributed by atoms with van der Waals surface area (Å²) in [5, 5.41) is 0. The van der Waals surface area contributed by atoms with E-state index in [0.29, 0.717) is 12.5 Å². The molecule has 3 heterocycles. The van der Waals surface area contributed by atoms with Crippen molar-refractivity contribution in [2.45, 2.75) is 19.4 Å². The highest BCUT2D eigenvalue weighted by atomic mass is 19.1. The zero-order valence-electron chi connectivity index (χ0n) is 14.7. The normalized spacial score (nSPS) is 13.4. The van der Waals surface area contributed by atoms with Crippen LogP contribution in [0.3, 0.4) is 0 Å². The minimum absolute atomic E-state index is 0.340. The summed E-state index contributed by atoms with van der Waals surface area (Å²) < 4.78 is 18.5. The Balaban J connectivity index is 1.53. The summed E-state index contributed by atoms with van der Waals surface area (Å²) in [5.41, 5.74) is 5.87. The van der Waals surface area contributed by atoms with E-state index < -0.39 is 0 Å². The fourth-order valence-corrected chi connectivity index (χ4v) is 3.29. The SMILES string of the molecule is CN1CCCc2cc(-c3cncc(COc4ccc(F)cn4)c3)ccc21. The molecule has 1 aliphatic heterocycles. The Bertz CT molecular complexity index is 911. The van der Waals surface area contributed by atoms with Gasteiger partial charge in [0.25, 0.3) is 0 Å².